The van der Waals surface area contributed by atoms with Gasteiger partial charge < -0.3 is 20.2 Å². The Hall–Kier alpha value is -2.50. The van der Waals surface area contributed by atoms with Crippen molar-refractivity contribution in [2.24, 2.45) is 5.92 Å². The van der Waals surface area contributed by atoms with Crippen LogP contribution in [0.4, 0.5) is 4.79 Å². The van der Waals surface area contributed by atoms with Gasteiger partial charge in [-0.1, -0.05) is 18.2 Å². The molecule has 1 aliphatic carbocycles. The molecule has 6 nitrogen and oxygen atoms in total. The van der Waals surface area contributed by atoms with Gasteiger partial charge in [-0.15, -0.1) is 0 Å². The Morgan fingerprint density at radius 1 is 1.20 bits per heavy atom. The number of hydrogen-bond acceptors (Lipinski definition) is 3. The number of carboxylic acids is 1. The highest BCUT2D eigenvalue weighted by Gasteiger charge is 2.27. The van der Waals surface area contributed by atoms with Crippen LogP contribution < -0.4 is 10.6 Å². The first-order valence-corrected chi connectivity index (χ1v) is 8.73. The van der Waals surface area contributed by atoms with Gasteiger partial charge in [0.15, 0.2) is 0 Å². The number of aryl methyl sites for hydroxylation is 1. The molecule has 3 rings (SSSR count). The minimum Gasteiger partial charge on any atom is -0.481 e. The smallest absolute Gasteiger partial charge is 0.315 e. The first-order valence-electron chi connectivity index (χ1n) is 8.73. The maximum absolute atomic E-state index is 12.3. The molecule has 0 unspecified atom stereocenters. The van der Waals surface area contributed by atoms with E-state index in [0.717, 1.165) is 22.3 Å². The Morgan fingerprint density at radius 3 is 2.52 bits per heavy atom. The quantitative estimate of drug-likeness (QED) is 0.788. The van der Waals surface area contributed by atoms with Crippen LogP contribution in [0.1, 0.15) is 50.0 Å². The number of carboxylic acid groups (broad SMARTS) is 1. The van der Waals surface area contributed by atoms with E-state index in [-0.39, 0.29) is 24.0 Å². The lowest BCUT2D eigenvalue weighted by molar-refractivity contribution is -0.142. The lowest BCUT2D eigenvalue weighted by Gasteiger charge is -2.27. The van der Waals surface area contributed by atoms with Gasteiger partial charge in [-0.05, 0) is 45.6 Å². The van der Waals surface area contributed by atoms with Crippen LogP contribution >= 0.6 is 0 Å². The van der Waals surface area contributed by atoms with Crippen molar-refractivity contribution in [3.63, 3.8) is 0 Å². The van der Waals surface area contributed by atoms with Gasteiger partial charge >= 0.3 is 12.0 Å². The molecule has 0 radical (unpaired) electrons. The first kappa shape index (κ1) is 17.3. The molecule has 1 atom stereocenters. The van der Waals surface area contributed by atoms with Crippen LogP contribution in [-0.4, -0.2) is 23.1 Å². The summed E-state index contributed by atoms with van der Waals surface area (Å²) in [6.45, 7) is 3.88. The van der Waals surface area contributed by atoms with Gasteiger partial charge in [0.05, 0.1) is 12.0 Å². The fourth-order valence-electron chi connectivity index (χ4n) is 3.58. The molecule has 1 fully saturated rings. The highest BCUT2D eigenvalue weighted by Crippen LogP contribution is 2.29. The number of aliphatic carboxylic acids is 1. The van der Waals surface area contributed by atoms with E-state index in [9.17, 15) is 9.59 Å². The average Bonchev–Trinajstić information content (AvgIpc) is 2.92. The number of carbonyl (C=O) groups is 2. The van der Waals surface area contributed by atoms with Crippen molar-refractivity contribution in [3.05, 3.63) is 35.6 Å². The molecule has 0 spiro atoms. The summed E-state index contributed by atoms with van der Waals surface area (Å²) in [6.07, 6.45) is 2.61. The lowest BCUT2D eigenvalue weighted by atomic mass is 9.86. The van der Waals surface area contributed by atoms with Gasteiger partial charge in [0.1, 0.15) is 11.3 Å². The molecule has 0 aliphatic heterocycles. The van der Waals surface area contributed by atoms with Gasteiger partial charge in [0.25, 0.3) is 0 Å². The number of furan rings is 1. The predicted octanol–water partition coefficient (Wildman–Crippen LogP) is 3.74. The van der Waals surface area contributed by atoms with E-state index in [4.69, 9.17) is 9.52 Å². The number of hydrogen-bond donors (Lipinski definition) is 3. The predicted molar refractivity (Wildman–Crippen MR) is 94.4 cm³/mol. The van der Waals surface area contributed by atoms with Crippen molar-refractivity contribution >= 4 is 23.0 Å². The maximum atomic E-state index is 12.3. The van der Waals surface area contributed by atoms with E-state index >= 15 is 0 Å². The van der Waals surface area contributed by atoms with Gasteiger partial charge in [-0.2, -0.15) is 0 Å². The van der Waals surface area contributed by atoms with Crippen molar-refractivity contribution in [2.75, 3.05) is 0 Å². The molecular weight excluding hydrogens is 320 g/mol. The highest BCUT2D eigenvalue weighted by atomic mass is 16.4. The molecular formula is C19H24N2O4. The van der Waals surface area contributed by atoms with Gasteiger partial charge in [0.2, 0.25) is 0 Å². The molecule has 3 N–H and O–H groups in total. The molecule has 1 heterocycles. The van der Waals surface area contributed by atoms with Crippen LogP contribution in [0, 0.1) is 12.8 Å². The van der Waals surface area contributed by atoms with Crippen LogP contribution in [0.2, 0.25) is 0 Å². The molecule has 2 aromatic rings. The van der Waals surface area contributed by atoms with E-state index in [0.29, 0.717) is 25.7 Å². The fourth-order valence-corrected chi connectivity index (χ4v) is 3.58. The zero-order chi connectivity index (χ0) is 18.0. The summed E-state index contributed by atoms with van der Waals surface area (Å²) >= 11 is 0. The summed E-state index contributed by atoms with van der Waals surface area (Å²) in [5.74, 6) is -0.263. The number of amides is 2. The second-order valence-electron chi connectivity index (χ2n) is 6.81. The SMILES string of the molecule is Cc1c([C@@H](C)NC(=O)NC2CCC(C(=O)O)CC2)oc2ccccc12. The summed E-state index contributed by atoms with van der Waals surface area (Å²) in [5, 5.41) is 15.9. The third-order valence-electron chi connectivity index (χ3n) is 5.03. The van der Waals surface area contributed by atoms with Crippen molar-refractivity contribution < 1.29 is 19.1 Å². The van der Waals surface area contributed by atoms with E-state index in [1.807, 2.05) is 38.1 Å². The van der Waals surface area contributed by atoms with Crippen molar-refractivity contribution in [2.45, 2.75) is 51.6 Å². The number of benzene rings is 1. The van der Waals surface area contributed by atoms with E-state index in [1.54, 1.807) is 0 Å². The summed E-state index contributed by atoms with van der Waals surface area (Å²) in [4.78, 5) is 23.2. The van der Waals surface area contributed by atoms with Gasteiger partial charge in [0, 0.05) is 17.0 Å². The minimum atomic E-state index is -0.739. The number of para-hydroxylation sites is 1. The molecule has 2 amide bonds. The Bertz CT molecular complexity index is 775. The normalized spacial score (nSPS) is 21.7. The molecule has 1 aromatic carbocycles. The Balaban J connectivity index is 1.57. The van der Waals surface area contributed by atoms with Crippen LogP contribution in [0.5, 0.6) is 0 Å². The number of fused-ring (bicyclic) bond motifs is 1. The summed E-state index contributed by atoms with van der Waals surface area (Å²) in [5.41, 5.74) is 1.85. The highest BCUT2D eigenvalue weighted by molar-refractivity contribution is 5.82. The fraction of sp³-hybridized carbons (Fsp3) is 0.474. The Morgan fingerprint density at radius 2 is 1.88 bits per heavy atom. The minimum absolute atomic E-state index is 0.0274. The van der Waals surface area contributed by atoms with Crippen LogP contribution in [0.3, 0.4) is 0 Å². The van der Waals surface area contributed by atoms with E-state index in [2.05, 4.69) is 10.6 Å². The van der Waals surface area contributed by atoms with E-state index < -0.39 is 5.97 Å². The Kier molecular flexibility index (Phi) is 4.97. The van der Waals surface area contributed by atoms with Gasteiger partial charge in [-0.3, -0.25) is 4.79 Å². The van der Waals surface area contributed by atoms with E-state index in [1.165, 1.54) is 0 Å². The van der Waals surface area contributed by atoms with Crippen LogP contribution in [0.15, 0.2) is 28.7 Å². The summed E-state index contributed by atoms with van der Waals surface area (Å²) in [7, 11) is 0. The topological polar surface area (TPSA) is 91.6 Å². The second-order valence-corrected chi connectivity index (χ2v) is 6.81. The lowest BCUT2D eigenvalue weighted by Crippen LogP contribution is -2.44. The number of rotatable bonds is 4. The second kappa shape index (κ2) is 7.17. The Labute approximate surface area is 146 Å². The number of urea groups is 1. The average molecular weight is 344 g/mol. The first-order chi connectivity index (χ1) is 12.0. The zero-order valence-electron chi connectivity index (χ0n) is 14.5. The van der Waals surface area contributed by atoms with Crippen molar-refractivity contribution in [1.82, 2.24) is 10.6 Å². The summed E-state index contributed by atoms with van der Waals surface area (Å²) in [6, 6.07) is 7.35. The molecule has 6 heteroatoms. The summed E-state index contributed by atoms with van der Waals surface area (Å²) < 4.78 is 5.88. The maximum Gasteiger partial charge on any atom is 0.315 e. The molecule has 1 aliphatic rings. The molecule has 0 saturated heterocycles. The zero-order valence-corrected chi connectivity index (χ0v) is 14.5. The third-order valence-corrected chi connectivity index (χ3v) is 5.03. The van der Waals surface area contributed by atoms with Crippen molar-refractivity contribution in [3.8, 4) is 0 Å². The van der Waals surface area contributed by atoms with Gasteiger partial charge in [-0.25, -0.2) is 4.79 Å². The molecule has 134 valence electrons. The third kappa shape index (κ3) is 3.78. The van der Waals surface area contributed by atoms with Crippen molar-refractivity contribution in [1.29, 1.82) is 0 Å². The monoisotopic (exact) mass is 344 g/mol. The van der Waals surface area contributed by atoms with Crippen LogP contribution in [-0.2, 0) is 4.79 Å². The molecule has 25 heavy (non-hydrogen) atoms. The van der Waals surface area contributed by atoms with Crippen LogP contribution in [0.25, 0.3) is 11.0 Å². The number of carbonyl (C=O) groups excluding carboxylic acids is 1. The standard InChI is InChI=1S/C19H24N2O4/c1-11-15-5-3-4-6-16(15)25-17(11)12(2)20-19(24)21-14-9-7-13(8-10-14)18(22)23/h3-6,12-14H,7-10H2,1-2H3,(H,22,23)(H2,20,21,24)/t12-,13?,14?/m1/s1. The largest absolute Gasteiger partial charge is 0.481 e. The molecule has 1 aromatic heterocycles. The molecule has 1 saturated carbocycles. The number of nitrogens with one attached hydrogen (secondary N) is 2. The molecule has 0 bridgehead atoms.